The van der Waals surface area contributed by atoms with Gasteiger partial charge in [-0.2, -0.15) is 0 Å². The zero-order valence-electron chi connectivity index (χ0n) is 13.8. The summed E-state index contributed by atoms with van der Waals surface area (Å²) in [6, 6.07) is 0. The molecule has 6 heteroatoms. The Labute approximate surface area is 132 Å². The van der Waals surface area contributed by atoms with Gasteiger partial charge in [0, 0.05) is 0 Å². The highest BCUT2D eigenvalue weighted by molar-refractivity contribution is 5.82. The van der Waals surface area contributed by atoms with Crippen LogP contribution in [0.3, 0.4) is 0 Å². The van der Waals surface area contributed by atoms with Gasteiger partial charge >= 0.3 is 5.97 Å². The molecular formula is C16H29NO5. The van der Waals surface area contributed by atoms with Gasteiger partial charge in [0.25, 0.3) is 0 Å². The fraction of sp³-hybridized carbons (Fsp3) is 0.875. The van der Waals surface area contributed by atoms with E-state index in [1.54, 1.807) is 6.92 Å². The Hall–Kier alpha value is -1.14. The number of carboxylic acid groups (broad SMARTS) is 1. The van der Waals surface area contributed by atoms with Crippen LogP contribution in [0.5, 0.6) is 0 Å². The summed E-state index contributed by atoms with van der Waals surface area (Å²) in [6.07, 6.45) is 4.40. The molecule has 1 fully saturated rings. The quantitative estimate of drug-likeness (QED) is 0.478. The minimum atomic E-state index is -0.956. The molecule has 1 aliphatic rings. The Morgan fingerprint density at radius 3 is 2.41 bits per heavy atom. The average molecular weight is 315 g/mol. The number of aliphatic carboxylic acids is 1. The molecule has 0 bridgehead atoms. The predicted octanol–water partition coefficient (Wildman–Crippen LogP) is 2.72. The molecule has 1 unspecified atom stereocenters. The van der Waals surface area contributed by atoms with Gasteiger partial charge in [0.1, 0.15) is 0 Å². The van der Waals surface area contributed by atoms with Gasteiger partial charge in [-0.15, -0.1) is 0 Å². The molecule has 0 aliphatic heterocycles. The number of hydrogen-bond acceptors (Lipinski definition) is 4. The molecule has 2 atom stereocenters. The molecular weight excluding hydrogens is 286 g/mol. The molecule has 128 valence electrons. The van der Waals surface area contributed by atoms with Gasteiger partial charge in [-0.1, -0.05) is 39.5 Å². The smallest absolute Gasteiger partial charge is 0.304 e. The number of hydroxylamine groups is 1. The van der Waals surface area contributed by atoms with E-state index in [0.717, 1.165) is 12.8 Å². The van der Waals surface area contributed by atoms with Gasteiger partial charge in [-0.05, 0) is 25.2 Å². The summed E-state index contributed by atoms with van der Waals surface area (Å²) in [5, 5.41) is 8.98. The summed E-state index contributed by atoms with van der Waals surface area (Å²) in [6.45, 7) is 6.29. The van der Waals surface area contributed by atoms with E-state index in [4.69, 9.17) is 14.7 Å². The summed E-state index contributed by atoms with van der Waals surface area (Å²) in [5.74, 6) is -1.04. The monoisotopic (exact) mass is 315 g/mol. The Bertz CT molecular complexity index is 352. The lowest BCUT2D eigenvalue weighted by atomic mass is 9.90. The molecule has 0 radical (unpaired) electrons. The molecule has 0 saturated heterocycles. The van der Waals surface area contributed by atoms with Gasteiger partial charge in [0.2, 0.25) is 5.91 Å². The molecule has 22 heavy (non-hydrogen) atoms. The lowest BCUT2D eigenvalue weighted by Gasteiger charge is -2.20. The molecule has 1 saturated carbocycles. The summed E-state index contributed by atoms with van der Waals surface area (Å²) in [5.41, 5.74) is 2.36. The number of carbonyl (C=O) groups excluding carboxylic acids is 1. The van der Waals surface area contributed by atoms with Crippen molar-refractivity contribution in [1.29, 1.82) is 0 Å². The number of nitrogens with one attached hydrogen (secondary N) is 1. The number of ether oxygens (including phenoxy) is 1. The second kappa shape index (κ2) is 9.79. The van der Waals surface area contributed by atoms with Gasteiger partial charge < -0.3 is 9.84 Å². The SMILES string of the molecule is CC(C)COC(C)ONC(=O)[C@@H](CC(=O)O)CC1CCCC1. The third kappa shape index (κ3) is 7.75. The van der Waals surface area contributed by atoms with Gasteiger partial charge in [0.05, 0.1) is 18.9 Å². The van der Waals surface area contributed by atoms with E-state index in [1.165, 1.54) is 12.8 Å². The number of rotatable bonds is 10. The van der Waals surface area contributed by atoms with Crippen molar-refractivity contribution in [3.8, 4) is 0 Å². The maximum absolute atomic E-state index is 12.2. The van der Waals surface area contributed by atoms with Crippen LogP contribution in [-0.2, 0) is 19.2 Å². The van der Waals surface area contributed by atoms with Crippen LogP contribution in [0.2, 0.25) is 0 Å². The van der Waals surface area contributed by atoms with Crippen molar-refractivity contribution in [3.05, 3.63) is 0 Å². The first-order valence-electron chi connectivity index (χ1n) is 8.17. The molecule has 0 heterocycles. The van der Waals surface area contributed by atoms with Crippen molar-refractivity contribution in [2.45, 2.75) is 65.6 Å². The van der Waals surface area contributed by atoms with E-state index in [2.05, 4.69) is 5.48 Å². The van der Waals surface area contributed by atoms with Crippen molar-refractivity contribution in [2.24, 2.45) is 17.8 Å². The van der Waals surface area contributed by atoms with E-state index in [1.807, 2.05) is 13.8 Å². The summed E-state index contributed by atoms with van der Waals surface area (Å²) >= 11 is 0. The molecule has 6 nitrogen and oxygen atoms in total. The summed E-state index contributed by atoms with van der Waals surface area (Å²) in [7, 11) is 0. The number of carbonyl (C=O) groups is 2. The van der Waals surface area contributed by atoms with Crippen molar-refractivity contribution < 1.29 is 24.3 Å². The van der Waals surface area contributed by atoms with Crippen molar-refractivity contribution in [3.63, 3.8) is 0 Å². The largest absolute Gasteiger partial charge is 0.481 e. The second-order valence-electron chi connectivity index (χ2n) is 6.56. The Kier molecular flexibility index (Phi) is 8.42. The maximum atomic E-state index is 12.2. The molecule has 0 aromatic heterocycles. The zero-order chi connectivity index (χ0) is 16.5. The molecule has 0 aromatic carbocycles. The van der Waals surface area contributed by atoms with E-state index < -0.39 is 18.2 Å². The van der Waals surface area contributed by atoms with E-state index in [9.17, 15) is 9.59 Å². The molecule has 0 spiro atoms. The minimum absolute atomic E-state index is 0.160. The van der Waals surface area contributed by atoms with Crippen LogP contribution in [-0.4, -0.2) is 29.9 Å². The fourth-order valence-electron chi connectivity index (χ4n) is 2.73. The normalized spacial score (nSPS) is 18.4. The van der Waals surface area contributed by atoms with Crippen LogP contribution < -0.4 is 5.48 Å². The molecule has 1 aliphatic carbocycles. The maximum Gasteiger partial charge on any atom is 0.304 e. The second-order valence-corrected chi connectivity index (χ2v) is 6.56. The molecule has 0 aromatic rings. The van der Waals surface area contributed by atoms with Crippen LogP contribution in [0.15, 0.2) is 0 Å². The van der Waals surface area contributed by atoms with Crippen molar-refractivity contribution in [2.75, 3.05) is 6.61 Å². The number of amides is 1. The summed E-state index contributed by atoms with van der Waals surface area (Å²) < 4.78 is 5.39. The topological polar surface area (TPSA) is 84.9 Å². The first-order chi connectivity index (χ1) is 10.4. The standard InChI is InChI=1S/C16H29NO5/c1-11(2)10-21-12(3)22-17-16(20)14(9-15(18)19)8-13-6-4-5-7-13/h11-14H,4-10H2,1-3H3,(H,17,20)(H,18,19)/t12?,14-/m1/s1. The van der Waals surface area contributed by atoms with Crippen molar-refractivity contribution in [1.82, 2.24) is 5.48 Å². The van der Waals surface area contributed by atoms with E-state index in [0.29, 0.717) is 24.9 Å². The Balaban J connectivity index is 2.39. The highest BCUT2D eigenvalue weighted by Gasteiger charge is 2.27. The van der Waals surface area contributed by atoms with Gasteiger partial charge in [0.15, 0.2) is 6.29 Å². The van der Waals surface area contributed by atoms with E-state index in [-0.39, 0.29) is 12.3 Å². The Morgan fingerprint density at radius 2 is 1.86 bits per heavy atom. The van der Waals surface area contributed by atoms with Crippen LogP contribution >= 0.6 is 0 Å². The first kappa shape index (κ1) is 18.9. The highest BCUT2D eigenvalue weighted by atomic mass is 16.8. The number of carboxylic acids is 1. The average Bonchev–Trinajstić information content (AvgIpc) is 2.94. The molecule has 2 N–H and O–H groups in total. The fourth-order valence-corrected chi connectivity index (χ4v) is 2.73. The third-order valence-corrected chi connectivity index (χ3v) is 3.87. The van der Waals surface area contributed by atoms with Crippen LogP contribution in [0, 0.1) is 17.8 Å². The van der Waals surface area contributed by atoms with E-state index >= 15 is 0 Å². The summed E-state index contributed by atoms with van der Waals surface area (Å²) in [4.78, 5) is 28.3. The third-order valence-electron chi connectivity index (χ3n) is 3.87. The first-order valence-corrected chi connectivity index (χ1v) is 8.17. The van der Waals surface area contributed by atoms with Gasteiger partial charge in [-0.25, -0.2) is 10.3 Å². The molecule has 1 amide bonds. The van der Waals surface area contributed by atoms with Crippen LogP contribution in [0.25, 0.3) is 0 Å². The predicted molar refractivity (Wildman–Crippen MR) is 81.8 cm³/mol. The Morgan fingerprint density at radius 1 is 1.23 bits per heavy atom. The molecule has 1 rings (SSSR count). The lowest BCUT2D eigenvalue weighted by molar-refractivity contribution is -0.186. The van der Waals surface area contributed by atoms with Gasteiger partial charge in [-0.3, -0.25) is 9.59 Å². The van der Waals surface area contributed by atoms with Crippen LogP contribution in [0.4, 0.5) is 0 Å². The number of hydrogen-bond donors (Lipinski definition) is 2. The highest BCUT2D eigenvalue weighted by Crippen LogP contribution is 2.31. The minimum Gasteiger partial charge on any atom is -0.481 e. The van der Waals surface area contributed by atoms with Crippen molar-refractivity contribution >= 4 is 11.9 Å². The zero-order valence-corrected chi connectivity index (χ0v) is 13.8. The lowest BCUT2D eigenvalue weighted by Crippen LogP contribution is -2.36. The van der Waals surface area contributed by atoms with Crippen LogP contribution in [0.1, 0.15) is 59.3 Å².